The summed E-state index contributed by atoms with van der Waals surface area (Å²) in [7, 11) is -1.87. The number of methoxy groups -OCH3 is 1. The first-order chi connectivity index (χ1) is 11.1. The average molecular weight is 375 g/mol. The van der Waals surface area contributed by atoms with E-state index in [1.807, 2.05) is 0 Å². The van der Waals surface area contributed by atoms with Gasteiger partial charge < -0.3 is 4.74 Å². The van der Waals surface area contributed by atoms with Gasteiger partial charge in [0, 0.05) is 38.3 Å². The van der Waals surface area contributed by atoms with Gasteiger partial charge >= 0.3 is 0 Å². The van der Waals surface area contributed by atoms with Crippen LogP contribution in [0.15, 0.2) is 29.2 Å². The summed E-state index contributed by atoms with van der Waals surface area (Å²) >= 11 is 0. The van der Waals surface area contributed by atoms with Crippen molar-refractivity contribution in [2.45, 2.75) is 43.0 Å². The number of halogens is 1. The summed E-state index contributed by atoms with van der Waals surface area (Å²) < 4.78 is 32.3. The quantitative estimate of drug-likeness (QED) is 0.813. The number of rotatable bonds is 4. The molecule has 1 heterocycles. The van der Waals surface area contributed by atoms with Crippen molar-refractivity contribution >= 4 is 22.4 Å². The zero-order valence-corrected chi connectivity index (χ0v) is 15.8. The Labute approximate surface area is 151 Å². The lowest BCUT2D eigenvalue weighted by atomic mass is 9.94. The van der Waals surface area contributed by atoms with Crippen LogP contribution in [0.5, 0.6) is 5.75 Å². The lowest BCUT2D eigenvalue weighted by Crippen LogP contribution is -2.52. The van der Waals surface area contributed by atoms with Gasteiger partial charge in [-0.3, -0.25) is 4.90 Å². The van der Waals surface area contributed by atoms with Crippen molar-refractivity contribution < 1.29 is 13.2 Å². The highest BCUT2D eigenvalue weighted by molar-refractivity contribution is 7.89. The zero-order chi connectivity index (χ0) is 16.3. The predicted octanol–water partition coefficient (Wildman–Crippen LogP) is 2.76. The normalized spacial score (nSPS) is 21.2. The summed E-state index contributed by atoms with van der Waals surface area (Å²) in [5.41, 5.74) is 0. The fourth-order valence-electron chi connectivity index (χ4n) is 3.67. The first-order valence-electron chi connectivity index (χ1n) is 8.49. The minimum Gasteiger partial charge on any atom is -0.497 e. The van der Waals surface area contributed by atoms with Gasteiger partial charge in [0.1, 0.15) is 5.75 Å². The molecule has 2 fully saturated rings. The van der Waals surface area contributed by atoms with E-state index in [1.165, 1.54) is 32.1 Å². The Morgan fingerprint density at radius 3 is 2.33 bits per heavy atom. The molecule has 1 saturated carbocycles. The van der Waals surface area contributed by atoms with Crippen molar-refractivity contribution in [1.29, 1.82) is 0 Å². The van der Waals surface area contributed by atoms with Gasteiger partial charge in [-0.15, -0.1) is 12.4 Å². The van der Waals surface area contributed by atoms with E-state index in [9.17, 15) is 8.42 Å². The van der Waals surface area contributed by atoms with Gasteiger partial charge in [-0.05, 0) is 25.0 Å². The van der Waals surface area contributed by atoms with Crippen molar-refractivity contribution in [3.05, 3.63) is 24.3 Å². The van der Waals surface area contributed by atoms with Crippen LogP contribution in [-0.2, 0) is 10.0 Å². The van der Waals surface area contributed by atoms with E-state index in [0.29, 0.717) is 29.8 Å². The molecule has 3 rings (SSSR count). The van der Waals surface area contributed by atoms with E-state index in [1.54, 1.807) is 35.7 Å². The van der Waals surface area contributed by atoms with Gasteiger partial charge in [-0.2, -0.15) is 4.31 Å². The number of hydrogen-bond donors (Lipinski definition) is 0. The minimum atomic E-state index is -3.42. The van der Waals surface area contributed by atoms with Gasteiger partial charge in [0.05, 0.1) is 12.0 Å². The zero-order valence-electron chi connectivity index (χ0n) is 14.2. The Morgan fingerprint density at radius 2 is 1.71 bits per heavy atom. The SMILES string of the molecule is COc1cccc(S(=O)(=O)N2CCN(C3CCCCC3)CC2)c1.Cl. The van der Waals surface area contributed by atoms with E-state index in [0.717, 1.165) is 13.1 Å². The first kappa shape index (κ1) is 19.5. The second-order valence-corrected chi connectivity index (χ2v) is 8.35. The van der Waals surface area contributed by atoms with Gasteiger partial charge in [0.2, 0.25) is 10.0 Å². The van der Waals surface area contributed by atoms with Crippen LogP contribution in [0.25, 0.3) is 0 Å². The highest BCUT2D eigenvalue weighted by Crippen LogP contribution is 2.26. The second kappa shape index (κ2) is 8.52. The largest absolute Gasteiger partial charge is 0.497 e. The Kier molecular flexibility index (Phi) is 6.92. The molecule has 1 aliphatic heterocycles. The smallest absolute Gasteiger partial charge is 0.243 e. The van der Waals surface area contributed by atoms with E-state index >= 15 is 0 Å². The molecule has 1 aromatic carbocycles. The molecule has 0 aromatic heterocycles. The number of sulfonamides is 1. The third-order valence-corrected chi connectivity index (χ3v) is 6.94. The number of ether oxygens (including phenoxy) is 1. The number of nitrogens with zero attached hydrogens (tertiary/aromatic N) is 2. The maximum atomic E-state index is 12.8. The fourth-order valence-corrected chi connectivity index (χ4v) is 5.12. The van der Waals surface area contributed by atoms with E-state index in [-0.39, 0.29) is 12.4 Å². The fraction of sp³-hybridized carbons (Fsp3) is 0.647. The van der Waals surface area contributed by atoms with Crippen LogP contribution in [0.4, 0.5) is 0 Å². The summed E-state index contributed by atoms with van der Waals surface area (Å²) in [5.74, 6) is 0.576. The molecule has 0 radical (unpaired) electrons. The molecule has 2 aliphatic rings. The molecule has 0 N–H and O–H groups in total. The molecule has 1 saturated heterocycles. The maximum absolute atomic E-state index is 12.8. The lowest BCUT2D eigenvalue weighted by molar-refractivity contribution is 0.111. The van der Waals surface area contributed by atoms with Crippen LogP contribution in [0.3, 0.4) is 0 Å². The standard InChI is InChI=1S/C17H26N2O3S.ClH/c1-22-16-8-5-9-17(14-16)23(20,21)19-12-10-18(11-13-19)15-6-3-2-4-7-15;/h5,8-9,14-15H,2-4,6-7,10-13H2,1H3;1H. The number of piperazine rings is 1. The molecule has 0 unspecified atom stereocenters. The predicted molar refractivity (Wildman–Crippen MR) is 97.4 cm³/mol. The van der Waals surface area contributed by atoms with Crippen molar-refractivity contribution in [2.24, 2.45) is 0 Å². The first-order valence-corrected chi connectivity index (χ1v) is 9.93. The Balaban J connectivity index is 0.00000208. The van der Waals surface area contributed by atoms with E-state index in [2.05, 4.69) is 4.90 Å². The summed E-state index contributed by atoms with van der Waals surface area (Å²) in [4.78, 5) is 2.81. The van der Waals surface area contributed by atoms with Crippen molar-refractivity contribution in [2.75, 3.05) is 33.3 Å². The van der Waals surface area contributed by atoms with Gasteiger partial charge in [0.25, 0.3) is 0 Å². The Hall–Kier alpha value is -0.820. The van der Waals surface area contributed by atoms with Crippen LogP contribution in [-0.4, -0.2) is 57.0 Å². The highest BCUT2D eigenvalue weighted by Gasteiger charge is 2.31. The molecule has 136 valence electrons. The van der Waals surface area contributed by atoms with Gasteiger partial charge in [0.15, 0.2) is 0 Å². The molecular weight excluding hydrogens is 348 g/mol. The number of hydrogen-bond acceptors (Lipinski definition) is 4. The van der Waals surface area contributed by atoms with E-state index in [4.69, 9.17) is 4.74 Å². The summed E-state index contributed by atoms with van der Waals surface area (Å²) in [6.07, 6.45) is 6.51. The minimum absolute atomic E-state index is 0. The molecule has 24 heavy (non-hydrogen) atoms. The third-order valence-electron chi connectivity index (χ3n) is 5.04. The summed E-state index contributed by atoms with van der Waals surface area (Å²) in [6, 6.07) is 7.39. The van der Waals surface area contributed by atoms with Crippen molar-refractivity contribution in [3.63, 3.8) is 0 Å². The van der Waals surface area contributed by atoms with E-state index < -0.39 is 10.0 Å². The van der Waals surface area contributed by atoms with Crippen LogP contribution in [0, 0.1) is 0 Å². The topological polar surface area (TPSA) is 49.9 Å². The lowest BCUT2D eigenvalue weighted by Gasteiger charge is -2.40. The molecule has 1 aromatic rings. The molecule has 1 aliphatic carbocycles. The van der Waals surface area contributed by atoms with Crippen LogP contribution < -0.4 is 4.74 Å². The Bertz CT molecular complexity index is 624. The third kappa shape index (κ3) is 4.23. The summed E-state index contributed by atoms with van der Waals surface area (Å²) in [5, 5.41) is 0. The van der Waals surface area contributed by atoms with Crippen LogP contribution in [0.2, 0.25) is 0 Å². The molecule has 0 bridgehead atoms. The van der Waals surface area contributed by atoms with Crippen LogP contribution in [0.1, 0.15) is 32.1 Å². The molecule has 0 atom stereocenters. The molecule has 7 heteroatoms. The monoisotopic (exact) mass is 374 g/mol. The van der Waals surface area contributed by atoms with Crippen LogP contribution >= 0.6 is 12.4 Å². The van der Waals surface area contributed by atoms with Gasteiger partial charge in [-0.1, -0.05) is 25.3 Å². The Morgan fingerprint density at radius 1 is 1.04 bits per heavy atom. The molecule has 0 spiro atoms. The number of benzene rings is 1. The second-order valence-electron chi connectivity index (χ2n) is 6.41. The molecule has 0 amide bonds. The summed E-state index contributed by atoms with van der Waals surface area (Å²) in [6.45, 7) is 2.84. The van der Waals surface area contributed by atoms with Crippen molar-refractivity contribution in [1.82, 2.24) is 9.21 Å². The van der Waals surface area contributed by atoms with Gasteiger partial charge in [-0.25, -0.2) is 8.42 Å². The molecule has 5 nitrogen and oxygen atoms in total. The van der Waals surface area contributed by atoms with Crippen molar-refractivity contribution in [3.8, 4) is 5.75 Å². The molecular formula is C17H27ClN2O3S. The highest BCUT2D eigenvalue weighted by atomic mass is 35.5. The average Bonchev–Trinajstić information content (AvgIpc) is 2.62. The maximum Gasteiger partial charge on any atom is 0.243 e.